The van der Waals surface area contributed by atoms with Crippen LogP contribution >= 0.6 is 11.6 Å². The number of anilines is 2. The van der Waals surface area contributed by atoms with Crippen molar-refractivity contribution >= 4 is 28.9 Å². The van der Waals surface area contributed by atoms with Gasteiger partial charge < -0.3 is 15.8 Å². The molecule has 0 atom stereocenters. The highest BCUT2D eigenvalue weighted by Gasteiger charge is 2.08. The number of nitrogens with two attached hydrogens (primary N) is 1. The van der Waals surface area contributed by atoms with E-state index in [1.165, 1.54) is 0 Å². The van der Waals surface area contributed by atoms with Crippen molar-refractivity contribution in [1.29, 1.82) is 0 Å². The Labute approximate surface area is 128 Å². The maximum atomic E-state index is 11.9. The van der Waals surface area contributed by atoms with E-state index in [0.29, 0.717) is 22.1 Å². The van der Waals surface area contributed by atoms with Gasteiger partial charge in [-0.3, -0.25) is 4.79 Å². The molecule has 110 valence electrons. The number of benzene rings is 2. The summed E-state index contributed by atoms with van der Waals surface area (Å²) in [4.78, 5) is 11.9. The molecule has 0 bridgehead atoms. The van der Waals surface area contributed by atoms with Gasteiger partial charge in [-0.1, -0.05) is 23.7 Å². The fourth-order valence-corrected chi connectivity index (χ4v) is 2.00. The van der Waals surface area contributed by atoms with Crippen LogP contribution in [-0.2, 0) is 4.79 Å². The van der Waals surface area contributed by atoms with Gasteiger partial charge in [0.15, 0.2) is 6.61 Å². The van der Waals surface area contributed by atoms with Crippen molar-refractivity contribution in [3.63, 3.8) is 0 Å². The van der Waals surface area contributed by atoms with E-state index in [2.05, 4.69) is 5.32 Å². The molecule has 0 spiro atoms. The number of nitrogens with one attached hydrogen (secondary N) is 1. The van der Waals surface area contributed by atoms with E-state index in [4.69, 9.17) is 22.1 Å². The van der Waals surface area contributed by atoms with Gasteiger partial charge in [0.2, 0.25) is 0 Å². The molecule has 5 heteroatoms. The van der Waals surface area contributed by atoms with Crippen LogP contribution < -0.4 is 15.8 Å². The van der Waals surface area contributed by atoms with Gasteiger partial charge in [-0.05, 0) is 49.2 Å². The molecule has 2 aromatic rings. The summed E-state index contributed by atoms with van der Waals surface area (Å²) < 4.78 is 5.54. The van der Waals surface area contributed by atoms with Gasteiger partial charge in [-0.2, -0.15) is 0 Å². The first-order valence-corrected chi connectivity index (χ1v) is 6.88. The van der Waals surface area contributed by atoms with Gasteiger partial charge in [0.1, 0.15) is 5.75 Å². The number of ether oxygens (including phenoxy) is 1. The lowest BCUT2D eigenvalue weighted by atomic mass is 10.1. The van der Waals surface area contributed by atoms with Crippen molar-refractivity contribution < 1.29 is 9.53 Å². The first-order valence-electron chi connectivity index (χ1n) is 6.50. The molecule has 0 fully saturated rings. The van der Waals surface area contributed by atoms with E-state index < -0.39 is 0 Å². The predicted octanol–water partition coefficient (Wildman–Crippen LogP) is 3.56. The fraction of sp³-hybridized carbons (Fsp3) is 0.188. The second kappa shape index (κ2) is 6.50. The number of halogens is 1. The average Bonchev–Trinajstić information content (AvgIpc) is 2.44. The summed E-state index contributed by atoms with van der Waals surface area (Å²) in [5.41, 5.74) is 8.73. The third-order valence-corrected chi connectivity index (χ3v) is 3.30. The summed E-state index contributed by atoms with van der Waals surface area (Å²) in [7, 11) is 0. The third kappa shape index (κ3) is 4.13. The monoisotopic (exact) mass is 304 g/mol. The minimum atomic E-state index is -0.289. The van der Waals surface area contributed by atoms with Gasteiger partial charge in [-0.25, -0.2) is 0 Å². The van der Waals surface area contributed by atoms with Gasteiger partial charge in [0, 0.05) is 5.69 Å². The highest BCUT2D eigenvalue weighted by Crippen LogP contribution is 2.24. The molecule has 0 aliphatic carbocycles. The number of hydrogen-bond donors (Lipinski definition) is 2. The second-order valence-electron chi connectivity index (χ2n) is 4.85. The number of nitrogen functional groups attached to an aromatic ring is 1. The number of hydrogen-bond acceptors (Lipinski definition) is 3. The molecule has 0 saturated carbocycles. The zero-order valence-electron chi connectivity index (χ0n) is 11.9. The summed E-state index contributed by atoms with van der Waals surface area (Å²) in [6, 6.07) is 10.8. The standard InChI is InChI=1S/C16H17ClN2O2/c1-10-3-4-11(2)15(7-10)21-9-16(20)19-14-8-12(18)5-6-13(14)17/h3-8H,9,18H2,1-2H3,(H,19,20). The van der Waals surface area contributed by atoms with Crippen LogP contribution in [0.1, 0.15) is 11.1 Å². The lowest BCUT2D eigenvalue weighted by molar-refractivity contribution is -0.118. The largest absolute Gasteiger partial charge is 0.483 e. The van der Waals surface area contributed by atoms with E-state index in [9.17, 15) is 4.79 Å². The first kappa shape index (κ1) is 15.2. The van der Waals surface area contributed by atoms with E-state index in [1.54, 1.807) is 18.2 Å². The van der Waals surface area contributed by atoms with Crippen LogP contribution in [0.5, 0.6) is 5.75 Å². The van der Waals surface area contributed by atoms with Crippen molar-refractivity contribution in [2.24, 2.45) is 0 Å². The number of carbonyl (C=O) groups excluding carboxylic acids is 1. The molecule has 0 radical (unpaired) electrons. The van der Waals surface area contributed by atoms with Crippen molar-refractivity contribution in [1.82, 2.24) is 0 Å². The molecular weight excluding hydrogens is 288 g/mol. The Balaban J connectivity index is 1.99. The van der Waals surface area contributed by atoms with Crippen molar-refractivity contribution in [2.45, 2.75) is 13.8 Å². The summed E-state index contributed by atoms with van der Waals surface area (Å²) >= 11 is 5.99. The Morgan fingerprint density at radius 2 is 2.00 bits per heavy atom. The predicted molar refractivity (Wildman–Crippen MR) is 85.9 cm³/mol. The SMILES string of the molecule is Cc1ccc(C)c(OCC(=O)Nc2cc(N)ccc2Cl)c1. The molecule has 0 aromatic heterocycles. The summed E-state index contributed by atoms with van der Waals surface area (Å²) in [5, 5.41) is 3.11. The molecule has 0 unspecified atom stereocenters. The fourth-order valence-electron chi connectivity index (χ4n) is 1.83. The summed E-state index contributed by atoms with van der Waals surface area (Å²) in [6.45, 7) is 3.82. The Morgan fingerprint density at radius 3 is 2.76 bits per heavy atom. The van der Waals surface area contributed by atoms with Crippen LogP contribution in [0.2, 0.25) is 5.02 Å². The maximum absolute atomic E-state index is 11.9. The molecule has 2 aromatic carbocycles. The quantitative estimate of drug-likeness (QED) is 0.849. The van der Waals surface area contributed by atoms with Gasteiger partial charge in [-0.15, -0.1) is 0 Å². The van der Waals surface area contributed by atoms with Gasteiger partial charge in [0.25, 0.3) is 5.91 Å². The molecule has 21 heavy (non-hydrogen) atoms. The third-order valence-electron chi connectivity index (χ3n) is 2.97. The smallest absolute Gasteiger partial charge is 0.262 e. The highest BCUT2D eigenvalue weighted by molar-refractivity contribution is 6.33. The minimum absolute atomic E-state index is 0.0879. The average molecular weight is 305 g/mol. The molecule has 3 N–H and O–H groups in total. The maximum Gasteiger partial charge on any atom is 0.262 e. The molecule has 0 aliphatic heterocycles. The van der Waals surface area contributed by atoms with Crippen LogP contribution in [0.15, 0.2) is 36.4 Å². The number of aryl methyl sites for hydroxylation is 2. The Morgan fingerprint density at radius 1 is 1.24 bits per heavy atom. The highest BCUT2D eigenvalue weighted by atomic mass is 35.5. The Hall–Kier alpha value is -2.20. The molecule has 0 heterocycles. The molecular formula is C16H17ClN2O2. The van der Waals surface area contributed by atoms with E-state index in [-0.39, 0.29) is 12.5 Å². The van der Waals surface area contributed by atoms with E-state index in [0.717, 1.165) is 11.1 Å². The minimum Gasteiger partial charge on any atom is -0.483 e. The molecule has 1 amide bonds. The number of amides is 1. The van der Waals surface area contributed by atoms with E-state index >= 15 is 0 Å². The lowest BCUT2D eigenvalue weighted by Gasteiger charge is -2.11. The lowest BCUT2D eigenvalue weighted by Crippen LogP contribution is -2.20. The zero-order chi connectivity index (χ0) is 15.4. The van der Waals surface area contributed by atoms with Crippen molar-refractivity contribution in [2.75, 3.05) is 17.7 Å². The van der Waals surface area contributed by atoms with Crippen molar-refractivity contribution in [3.8, 4) is 5.75 Å². The first-order chi connectivity index (χ1) is 9.95. The zero-order valence-corrected chi connectivity index (χ0v) is 12.7. The van der Waals surface area contributed by atoms with Crippen LogP contribution in [0, 0.1) is 13.8 Å². The van der Waals surface area contributed by atoms with Gasteiger partial charge >= 0.3 is 0 Å². The summed E-state index contributed by atoms with van der Waals surface area (Å²) in [5.74, 6) is 0.409. The molecule has 4 nitrogen and oxygen atoms in total. The molecule has 0 saturated heterocycles. The van der Waals surface area contributed by atoms with E-state index in [1.807, 2.05) is 32.0 Å². The number of carbonyl (C=O) groups is 1. The molecule has 0 aliphatic rings. The topological polar surface area (TPSA) is 64.3 Å². The van der Waals surface area contributed by atoms with Crippen LogP contribution in [0.4, 0.5) is 11.4 Å². The van der Waals surface area contributed by atoms with Crippen LogP contribution in [0.25, 0.3) is 0 Å². The van der Waals surface area contributed by atoms with Crippen LogP contribution in [-0.4, -0.2) is 12.5 Å². The normalized spacial score (nSPS) is 10.2. The van der Waals surface area contributed by atoms with Crippen molar-refractivity contribution in [3.05, 3.63) is 52.5 Å². The Kier molecular flexibility index (Phi) is 4.70. The Bertz CT molecular complexity index is 671. The molecule has 2 rings (SSSR count). The summed E-state index contributed by atoms with van der Waals surface area (Å²) in [6.07, 6.45) is 0. The van der Waals surface area contributed by atoms with Gasteiger partial charge in [0.05, 0.1) is 10.7 Å². The number of rotatable bonds is 4. The second-order valence-corrected chi connectivity index (χ2v) is 5.25. The van der Waals surface area contributed by atoms with Crippen LogP contribution in [0.3, 0.4) is 0 Å².